The van der Waals surface area contributed by atoms with Crippen LogP contribution >= 0.6 is 0 Å². The van der Waals surface area contributed by atoms with Gasteiger partial charge < -0.3 is 10.1 Å². The summed E-state index contributed by atoms with van der Waals surface area (Å²) in [7, 11) is -7.72. The minimum absolute atomic E-state index is 0.0414. The van der Waals surface area contributed by atoms with Gasteiger partial charge in [0.1, 0.15) is 18.9 Å². The molecule has 0 spiro atoms. The molecule has 12 nitrogen and oxygen atoms in total. The molecule has 3 aromatic carbocycles. The largest absolute Gasteiger partial charge is 0.492 e. The van der Waals surface area contributed by atoms with Crippen LogP contribution in [-0.2, 0) is 24.8 Å². The van der Waals surface area contributed by atoms with Crippen molar-refractivity contribution in [2.75, 3.05) is 37.1 Å². The second-order valence-electron chi connectivity index (χ2n) is 9.23. The number of piperidine rings is 1. The Morgan fingerprint density at radius 2 is 1.51 bits per heavy atom. The van der Waals surface area contributed by atoms with Crippen LogP contribution in [0, 0.1) is 10.1 Å². The van der Waals surface area contributed by atoms with E-state index in [4.69, 9.17) is 4.74 Å². The van der Waals surface area contributed by atoms with Crippen LogP contribution in [-0.4, -0.2) is 64.8 Å². The monoisotopic (exact) mass is 602 g/mol. The van der Waals surface area contributed by atoms with Gasteiger partial charge in [-0.1, -0.05) is 24.6 Å². The maximum atomic E-state index is 13.3. The van der Waals surface area contributed by atoms with Crippen molar-refractivity contribution >= 4 is 37.3 Å². The van der Waals surface area contributed by atoms with Crippen molar-refractivity contribution in [2.24, 2.45) is 0 Å². The molecule has 1 aliphatic rings. The van der Waals surface area contributed by atoms with Gasteiger partial charge in [0.15, 0.2) is 0 Å². The number of nitrogens with zero attached hydrogens (tertiary/aromatic N) is 3. The lowest BCUT2D eigenvalue weighted by Crippen LogP contribution is -2.41. The van der Waals surface area contributed by atoms with Gasteiger partial charge in [-0.3, -0.25) is 19.2 Å². The van der Waals surface area contributed by atoms with E-state index >= 15 is 0 Å². The van der Waals surface area contributed by atoms with Gasteiger partial charge in [0.2, 0.25) is 15.9 Å². The topological polar surface area (TPSA) is 156 Å². The fraction of sp³-hybridized carbons (Fsp3) is 0.296. The molecular weight excluding hydrogens is 572 g/mol. The van der Waals surface area contributed by atoms with Crippen molar-refractivity contribution in [3.8, 4) is 5.75 Å². The second-order valence-corrected chi connectivity index (χ2v) is 13.0. The summed E-state index contributed by atoms with van der Waals surface area (Å²) >= 11 is 0. The lowest BCUT2D eigenvalue weighted by molar-refractivity contribution is -0.384. The van der Waals surface area contributed by atoms with Gasteiger partial charge in [0, 0.05) is 25.2 Å². The number of nitro benzene ring substituents is 1. The number of amides is 1. The first-order valence-electron chi connectivity index (χ1n) is 12.9. The summed E-state index contributed by atoms with van der Waals surface area (Å²) in [6, 6.07) is 18.4. The van der Waals surface area contributed by atoms with Crippen LogP contribution in [0.1, 0.15) is 19.3 Å². The fourth-order valence-electron chi connectivity index (χ4n) is 4.28. The molecule has 1 heterocycles. The van der Waals surface area contributed by atoms with Crippen molar-refractivity contribution in [1.29, 1.82) is 0 Å². The Labute approximate surface area is 238 Å². The molecule has 1 N–H and O–H groups in total. The average Bonchev–Trinajstić information content (AvgIpc) is 2.99. The smallest absolute Gasteiger partial charge is 0.269 e. The Bertz CT molecular complexity index is 1560. The van der Waals surface area contributed by atoms with E-state index in [9.17, 15) is 31.7 Å². The number of nitro groups is 1. The number of non-ortho nitro benzene ring substituents is 1. The van der Waals surface area contributed by atoms with E-state index in [2.05, 4.69) is 5.32 Å². The van der Waals surface area contributed by atoms with Crippen molar-refractivity contribution in [3.63, 3.8) is 0 Å². The number of benzene rings is 3. The van der Waals surface area contributed by atoms with Gasteiger partial charge in [-0.25, -0.2) is 16.8 Å². The highest BCUT2D eigenvalue weighted by Gasteiger charge is 2.28. The molecule has 218 valence electrons. The van der Waals surface area contributed by atoms with Gasteiger partial charge in [-0.15, -0.1) is 0 Å². The fourth-order valence-corrected chi connectivity index (χ4v) is 7.24. The summed E-state index contributed by atoms with van der Waals surface area (Å²) in [5.41, 5.74) is -0.130. The molecular formula is C27H30N4O8S2. The van der Waals surface area contributed by atoms with E-state index in [0.29, 0.717) is 18.8 Å². The van der Waals surface area contributed by atoms with Gasteiger partial charge in [-0.2, -0.15) is 4.31 Å². The van der Waals surface area contributed by atoms with Gasteiger partial charge >= 0.3 is 0 Å². The van der Waals surface area contributed by atoms with Crippen LogP contribution in [0.3, 0.4) is 0 Å². The third-order valence-corrected chi connectivity index (χ3v) is 10.1. The number of carbonyl (C=O) groups excluding carboxylic acids is 1. The number of anilines is 1. The Kier molecular flexibility index (Phi) is 9.57. The van der Waals surface area contributed by atoms with Crippen LogP contribution in [0.25, 0.3) is 0 Å². The predicted molar refractivity (Wildman–Crippen MR) is 152 cm³/mol. The summed E-state index contributed by atoms with van der Waals surface area (Å²) in [6.07, 6.45) is 2.71. The quantitative estimate of drug-likeness (QED) is 0.188. The number of hydrogen-bond acceptors (Lipinski definition) is 8. The Morgan fingerprint density at radius 1 is 0.878 bits per heavy atom. The normalized spacial score (nSPS) is 14.2. The molecule has 0 atom stereocenters. The molecule has 3 aromatic rings. The van der Waals surface area contributed by atoms with Gasteiger partial charge in [-0.05, 0) is 61.4 Å². The van der Waals surface area contributed by atoms with E-state index in [1.54, 1.807) is 30.3 Å². The third kappa shape index (κ3) is 7.39. The first-order chi connectivity index (χ1) is 19.6. The zero-order valence-corrected chi connectivity index (χ0v) is 23.7. The molecule has 1 amide bonds. The molecule has 41 heavy (non-hydrogen) atoms. The second kappa shape index (κ2) is 13.1. The van der Waals surface area contributed by atoms with Crippen molar-refractivity contribution in [3.05, 3.63) is 89.0 Å². The number of rotatable bonds is 12. The first kappa shape index (κ1) is 30.0. The van der Waals surface area contributed by atoms with Crippen LogP contribution in [0.5, 0.6) is 5.75 Å². The highest BCUT2D eigenvalue weighted by atomic mass is 32.2. The Hall–Kier alpha value is -4.01. The lowest BCUT2D eigenvalue weighted by atomic mass is 10.2. The maximum Gasteiger partial charge on any atom is 0.269 e. The van der Waals surface area contributed by atoms with Crippen molar-refractivity contribution in [2.45, 2.75) is 29.1 Å². The molecule has 0 radical (unpaired) electrons. The average molecular weight is 603 g/mol. The molecule has 0 saturated carbocycles. The zero-order chi connectivity index (χ0) is 29.5. The van der Waals surface area contributed by atoms with E-state index in [1.165, 1.54) is 40.7 Å². The standard InChI is InChI=1S/C27H30N4O8S2/c32-27(28-17-20-39-24-13-15-26(16-14-24)40(35,36)29-18-5-2-6-19-29)21-30(22-9-11-23(12-10-22)31(33)34)41(37,38)25-7-3-1-4-8-25/h1,3-4,7-16H,2,5-6,17-21H2,(H,28,32). The molecule has 0 aromatic heterocycles. The predicted octanol–water partition coefficient (Wildman–Crippen LogP) is 3.16. The molecule has 1 saturated heterocycles. The molecule has 1 fully saturated rings. The zero-order valence-electron chi connectivity index (χ0n) is 22.1. The number of nitrogens with one attached hydrogen (secondary N) is 1. The SMILES string of the molecule is O=C(CN(c1ccc([N+](=O)[O-])cc1)S(=O)(=O)c1ccccc1)NCCOc1ccc(S(=O)(=O)N2CCCCC2)cc1. The number of ether oxygens (including phenoxy) is 1. The van der Waals surface area contributed by atoms with Crippen LogP contribution in [0.15, 0.2) is 88.7 Å². The van der Waals surface area contributed by atoms with E-state index in [1.807, 2.05) is 0 Å². The van der Waals surface area contributed by atoms with E-state index < -0.39 is 37.4 Å². The molecule has 0 aliphatic carbocycles. The number of carbonyl (C=O) groups is 1. The van der Waals surface area contributed by atoms with E-state index in [-0.39, 0.29) is 34.3 Å². The number of hydrogen-bond donors (Lipinski definition) is 1. The molecule has 4 rings (SSSR count). The number of sulfonamides is 2. The van der Waals surface area contributed by atoms with Crippen molar-refractivity contribution < 1.29 is 31.3 Å². The molecule has 0 bridgehead atoms. The minimum Gasteiger partial charge on any atom is -0.492 e. The van der Waals surface area contributed by atoms with Gasteiger partial charge in [0.05, 0.1) is 26.9 Å². The summed E-state index contributed by atoms with van der Waals surface area (Å²) in [5.74, 6) is -0.203. The summed E-state index contributed by atoms with van der Waals surface area (Å²) in [5, 5.41) is 13.6. The summed E-state index contributed by atoms with van der Waals surface area (Å²) in [6.45, 7) is 0.542. The first-order valence-corrected chi connectivity index (χ1v) is 15.8. The van der Waals surface area contributed by atoms with Crippen molar-refractivity contribution in [1.82, 2.24) is 9.62 Å². The Morgan fingerprint density at radius 3 is 2.12 bits per heavy atom. The molecule has 0 unspecified atom stereocenters. The molecule has 1 aliphatic heterocycles. The lowest BCUT2D eigenvalue weighted by Gasteiger charge is -2.25. The van der Waals surface area contributed by atoms with Crippen LogP contribution in [0.2, 0.25) is 0 Å². The van der Waals surface area contributed by atoms with Crippen LogP contribution in [0.4, 0.5) is 11.4 Å². The maximum absolute atomic E-state index is 13.3. The third-order valence-electron chi connectivity index (χ3n) is 6.44. The summed E-state index contributed by atoms with van der Waals surface area (Å²) in [4.78, 5) is 23.3. The highest BCUT2D eigenvalue weighted by molar-refractivity contribution is 7.92. The molecule has 14 heteroatoms. The van der Waals surface area contributed by atoms with Gasteiger partial charge in [0.25, 0.3) is 15.7 Å². The highest BCUT2D eigenvalue weighted by Crippen LogP contribution is 2.26. The minimum atomic E-state index is -4.16. The van der Waals surface area contributed by atoms with E-state index in [0.717, 1.165) is 35.7 Å². The Balaban J connectivity index is 1.36. The van der Waals surface area contributed by atoms with Crippen LogP contribution < -0.4 is 14.4 Å². The summed E-state index contributed by atoms with van der Waals surface area (Å²) < 4.78 is 60.2.